The van der Waals surface area contributed by atoms with Crippen LogP contribution in [0, 0.1) is 19.8 Å². The molecule has 0 spiro atoms. The van der Waals surface area contributed by atoms with Crippen LogP contribution in [0.25, 0.3) is 0 Å². The molecule has 2 aliphatic rings. The van der Waals surface area contributed by atoms with Gasteiger partial charge < -0.3 is 19.9 Å². The third-order valence-corrected chi connectivity index (χ3v) is 7.44. The molecule has 2 aromatic rings. The maximum atomic E-state index is 13.2. The minimum Gasteiger partial charge on any atom is -0.497 e. The third kappa shape index (κ3) is 4.87. The number of amides is 1. The standard InChI is InChI=1S/C27H36N2O4/c1-18-8-9-19(2)23(15-18)28-25(30)17-29-14-13-27(31)12-6-5-7-22(27)26(29)21-16-20(32-3)10-11-24(21)33-4/h8-11,15-16,22,26,31H,5-7,12-14,17H2,1-4H3,(H,28,30)/t22-,26-,27-/m0/s1. The van der Waals surface area contributed by atoms with Gasteiger partial charge in [0.2, 0.25) is 5.91 Å². The van der Waals surface area contributed by atoms with E-state index in [9.17, 15) is 9.90 Å². The second-order valence-corrected chi connectivity index (χ2v) is 9.60. The van der Waals surface area contributed by atoms with Crippen molar-refractivity contribution in [3.05, 3.63) is 53.1 Å². The molecule has 1 heterocycles. The van der Waals surface area contributed by atoms with Crippen LogP contribution in [0.2, 0.25) is 0 Å². The van der Waals surface area contributed by atoms with Gasteiger partial charge in [-0.2, -0.15) is 0 Å². The van der Waals surface area contributed by atoms with Crippen LogP contribution in [0.5, 0.6) is 11.5 Å². The van der Waals surface area contributed by atoms with Gasteiger partial charge in [0.25, 0.3) is 0 Å². The normalized spacial score (nSPS) is 25.2. The molecule has 3 atom stereocenters. The zero-order chi connectivity index (χ0) is 23.6. The van der Waals surface area contributed by atoms with Crippen molar-refractivity contribution in [3.63, 3.8) is 0 Å². The van der Waals surface area contributed by atoms with E-state index in [1.54, 1.807) is 14.2 Å². The first-order valence-corrected chi connectivity index (χ1v) is 11.9. The summed E-state index contributed by atoms with van der Waals surface area (Å²) in [7, 11) is 3.32. The molecule has 4 rings (SSSR count). The maximum absolute atomic E-state index is 13.2. The van der Waals surface area contributed by atoms with Crippen molar-refractivity contribution in [1.29, 1.82) is 0 Å². The molecule has 1 amide bonds. The van der Waals surface area contributed by atoms with E-state index >= 15 is 0 Å². The highest BCUT2D eigenvalue weighted by Gasteiger charge is 2.50. The van der Waals surface area contributed by atoms with Crippen LogP contribution in [-0.2, 0) is 4.79 Å². The Morgan fingerprint density at radius 3 is 2.70 bits per heavy atom. The minimum absolute atomic E-state index is 0.0366. The number of piperidine rings is 1. The number of benzene rings is 2. The fourth-order valence-electron chi connectivity index (χ4n) is 5.65. The van der Waals surface area contributed by atoms with E-state index in [1.807, 2.05) is 50.2 Å². The van der Waals surface area contributed by atoms with Crippen molar-refractivity contribution >= 4 is 11.6 Å². The van der Waals surface area contributed by atoms with Gasteiger partial charge in [0.1, 0.15) is 11.5 Å². The number of ether oxygens (including phenoxy) is 2. The molecule has 0 unspecified atom stereocenters. The topological polar surface area (TPSA) is 71.0 Å². The van der Waals surface area contributed by atoms with Crippen LogP contribution >= 0.6 is 0 Å². The van der Waals surface area contributed by atoms with Gasteiger partial charge in [0, 0.05) is 29.8 Å². The second-order valence-electron chi connectivity index (χ2n) is 9.60. The number of rotatable bonds is 6. The fourth-order valence-corrected chi connectivity index (χ4v) is 5.65. The highest BCUT2D eigenvalue weighted by molar-refractivity contribution is 5.93. The summed E-state index contributed by atoms with van der Waals surface area (Å²) in [5, 5.41) is 14.7. The van der Waals surface area contributed by atoms with Crippen LogP contribution in [0.4, 0.5) is 5.69 Å². The number of hydrogen-bond donors (Lipinski definition) is 2. The molecule has 0 radical (unpaired) electrons. The van der Waals surface area contributed by atoms with E-state index in [0.29, 0.717) is 13.0 Å². The number of methoxy groups -OCH3 is 2. The SMILES string of the molecule is COc1ccc(OC)c([C@H]2[C@@H]3CCCC[C@]3(O)CCN2CC(=O)Nc2cc(C)ccc2C)c1. The summed E-state index contributed by atoms with van der Waals surface area (Å²) in [4.78, 5) is 15.4. The Morgan fingerprint density at radius 1 is 1.12 bits per heavy atom. The molecule has 33 heavy (non-hydrogen) atoms. The number of nitrogens with one attached hydrogen (secondary N) is 1. The number of likely N-dealkylation sites (tertiary alicyclic amines) is 1. The van der Waals surface area contributed by atoms with Crippen molar-refractivity contribution in [2.24, 2.45) is 5.92 Å². The zero-order valence-corrected chi connectivity index (χ0v) is 20.2. The summed E-state index contributed by atoms with van der Waals surface area (Å²) < 4.78 is 11.2. The quantitative estimate of drug-likeness (QED) is 0.669. The molecule has 6 heteroatoms. The number of aliphatic hydroxyl groups is 1. The first-order chi connectivity index (χ1) is 15.8. The lowest BCUT2D eigenvalue weighted by Crippen LogP contribution is -2.56. The molecule has 1 saturated carbocycles. The highest BCUT2D eigenvalue weighted by atomic mass is 16.5. The van der Waals surface area contributed by atoms with Crippen LogP contribution in [0.15, 0.2) is 36.4 Å². The van der Waals surface area contributed by atoms with Gasteiger partial charge in [0.15, 0.2) is 0 Å². The van der Waals surface area contributed by atoms with Gasteiger partial charge >= 0.3 is 0 Å². The summed E-state index contributed by atoms with van der Waals surface area (Å²) >= 11 is 0. The van der Waals surface area contributed by atoms with E-state index in [0.717, 1.165) is 59.6 Å². The van der Waals surface area contributed by atoms with E-state index in [-0.39, 0.29) is 24.4 Å². The lowest BCUT2D eigenvalue weighted by atomic mass is 9.66. The van der Waals surface area contributed by atoms with E-state index in [2.05, 4.69) is 10.2 Å². The summed E-state index contributed by atoms with van der Waals surface area (Å²) in [6.45, 7) is 4.93. The van der Waals surface area contributed by atoms with Crippen molar-refractivity contribution < 1.29 is 19.4 Å². The lowest BCUT2D eigenvalue weighted by Gasteiger charge is -2.52. The smallest absolute Gasteiger partial charge is 0.238 e. The van der Waals surface area contributed by atoms with Gasteiger partial charge in [-0.1, -0.05) is 25.0 Å². The molecule has 1 saturated heterocycles. The Balaban J connectivity index is 1.66. The molecule has 2 N–H and O–H groups in total. The number of carbonyl (C=O) groups is 1. The number of nitrogens with zero attached hydrogens (tertiary/aromatic N) is 1. The summed E-state index contributed by atoms with van der Waals surface area (Å²) in [6, 6.07) is 11.8. The van der Waals surface area contributed by atoms with Crippen LogP contribution in [0.1, 0.15) is 54.8 Å². The Kier molecular flexibility index (Phi) is 6.96. The first kappa shape index (κ1) is 23.6. The molecule has 2 fully saturated rings. The number of aryl methyl sites for hydroxylation is 2. The first-order valence-electron chi connectivity index (χ1n) is 11.9. The second kappa shape index (κ2) is 9.74. The molecular formula is C27H36N2O4. The Bertz CT molecular complexity index is 1010. The Hall–Kier alpha value is -2.57. The molecule has 0 aromatic heterocycles. The van der Waals surface area contributed by atoms with Crippen LogP contribution in [0.3, 0.4) is 0 Å². The molecule has 6 nitrogen and oxygen atoms in total. The number of anilines is 1. The predicted octanol–water partition coefficient (Wildman–Crippen LogP) is 4.63. The average molecular weight is 453 g/mol. The van der Waals surface area contributed by atoms with E-state index in [1.165, 1.54) is 0 Å². The van der Waals surface area contributed by atoms with Gasteiger partial charge in [-0.05, 0) is 68.5 Å². The zero-order valence-electron chi connectivity index (χ0n) is 20.2. The molecule has 0 bridgehead atoms. The number of hydrogen-bond acceptors (Lipinski definition) is 5. The molecule has 2 aromatic carbocycles. The molecule has 1 aliphatic carbocycles. The van der Waals surface area contributed by atoms with Gasteiger partial charge in [-0.15, -0.1) is 0 Å². The van der Waals surface area contributed by atoms with Crippen LogP contribution < -0.4 is 14.8 Å². The summed E-state index contributed by atoms with van der Waals surface area (Å²) in [5.41, 5.74) is 3.26. The van der Waals surface area contributed by atoms with Crippen LogP contribution in [-0.4, -0.2) is 48.8 Å². The van der Waals surface area contributed by atoms with Crippen molar-refractivity contribution in [3.8, 4) is 11.5 Å². The van der Waals surface area contributed by atoms with Crippen molar-refractivity contribution in [1.82, 2.24) is 4.90 Å². The number of fused-ring (bicyclic) bond motifs is 1. The third-order valence-electron chi connectivity index (χ3n) is 7.44. The van der Waals surface area contributed by atoms with Crippen molar-refractivity contribution in [2.75, 3.05) is 32.6 Å². The van der Waals surface area contributed by atoms with Gasteiger partial charge in [-0.25, -0.2) is 0 Å². The number of carbonyl (C=O) groups excluding carboxylic acids is 1. The Morgan fingerprint density at radius 2 is 1.94 bits per heavy atom. The molecule has 1 aliphatic heterocycles. The molecular weight excluding hydrogens is 416 g/mol. The van der Waals surface area contributed by atoms with Gasteiger partial charge in [0.05, 0.1) is 26.4 Å². The highest BCUT2D eigenvalue weighted by Crippen LogP contribution is 2.51. The van der Waals surface area contributed by atoms with E-state index in [4.69, 9.17) is 9.47 Å². The monoisotopic (exact) mass is 452 g/mol. The molecule has 178 valence electrons. The van der Waals surface area contributed by atoms with E-state index < -0.39 is 5.60 Å². The Labute approximate surface area is 196 Å². The average Bonchev–Trinajstić information content (AvgIpc) is 2.81. The fraction of sp³-hybridized carbons (Fsp3) is 0.519. The summed E-state index contributed by atoms with van der Waals surface area (Å²) in [6.07, 6.45) is 4.54. The lowest BCUT2D eigenvalue weighted by molar-refractivity contribution is -0.135. The minimum atomic E-state index is -0.711. The largest absolute Gasteiger partial charge is 0.497 e. The predicted molar refractivity (Wildman–Crippen MR) is 130 cm³/mol. The maximum Gasteiger partial charge on any atom is 0.238 e. The van der Waals surface area contributed by atoms with Gasteiger partial charge in [-0.3, -0.25) is 9.69 Å². The van der Waals surface area contributed by atoms with Crippen molar-refractivity contribution in [2.45, 2.75) is 57.6 Å². The summed E-state index contributed by atoms with van der Waals surface area (Å²) in [5.74, 6) is 1.50.